The van der Waals surface area contributed by atoms with E-state index in [1.54, 1.807) is 0 Å². The third-order valence-electron chi connectivity index (χ3n) is 2.30. The molecule has 2 aromatic rings. The molecule has 0 aliphatic heterocycles. The van der Waals surface area contributed by atoms with Crippen molar-refractivity contribution in [3.63, 3.8) is 0 Å². The van der Waals surface area contributed by atoms with Crippen LogP contribution in [0.3, 0.4) is 0 Å². The van der Waals surface area contributed by atoms with Crippen molar-refractivity contribution in [3.8, 4) is 0 Å². The predicted octanol–water partition coefficient (Wildman–Crippen LogP) is 3.55. The van der Waals surface area contributed by atoms with E-state index in [1.807, 2.05) is 30.3 Å². The molecule has 0 unspecified atom stereocenters. The summed E-state index contributed by atoms with van der Waals surface area (Å²) in [5.74, 6) is 0.579. The molecule has 2 rings (SSSR count). The van der Waals surface area contributed by atoms with Crippen LogP contribution in [0.1, 0.15) is 18.9 Å². The highest BCUT2D eigenvalue weighted by atomic mass is 32.1. The summed E-state index contributed by atoms with van der Waals surface area (Å²) >= 11 is 6.77. The Balaban J connectivity index is 1.90. The van der Waals surface area contributed by atoms with Crippen molar-refractivity contribution in [2.45, 2.75) is 20.3 Å². The standard InChI is InChI=1S/C13H16N4S2/c1-9(2)8-11-16-17-13(19-11)15-12(18)14-10-6-4-3-5-7-10/h3-7,9H,8H2,1-2H3,(H2,14,15,17,18). The lowest BCUT2D eigenvalue weighted by atomic mass is 10.1. The van der Waals surface area contributed by atoms with Crippen LogP contribution in [0.25, 0.3) is 0 Å². The minimum Gasteiger partial charge on any atom is -0.332 e. The van der Waals surface area contributed by atoms with Gasteiger partial charge in [0.05, 0.1) is 0 Å². The average Bonchev–Trinajstić information content (AvgIpc) is 2.76. The van der Waals surface area contributed by atoms with E-state index in [-0.39, 0.29) is 0 Å². The van der Waals surface area contributed by atoms with Gasteiger partial charge in [-0.05, 0) is 30.3 Å². The molecular weight excluding hydrogens is 276 g/mol. The fourth-order valence-electron chi connectivity index (χ4n) is 1.52. The molecule has 0 fully saturated rings. The molecule has 0 atom stereocenters. The zero-order chi connectivity index (χ0) is 13.7. The van der Waals surface area contributed by atoms with Crippen molar-refractivity contribution < 1.29 is 0 Å². The van der Waals surface area contributed by atoms with Crippen molar-refractivity contribution in [1.29, 1.82) is 0 Å². The molecule has 1 aromatic heterocycles. The van der Waals surface area contributed by atoms with Gasteiger partial charge in [-0.15, -0.1) is 10.2 Å². The molecule has 0 aliphatic carbocycles. The molecule has 0 bridgehead atoms. The molecular formula is C13H16N4S2. The zero-order valence-electron chi connectivity index (χ0n) is 10.9. The van der Waals surface area contributed by atoms with Gasteiger partial charge in [-0.25, -0.2) is 0 Å². The SMILES string of the molecule is CC(C)Cc1nnc(NC(=S)Nc2ccccc2)s1. The summed E-state index contributed by atoms with van der Waals surface area (Å²) in [6, 6.07) is 9.79. The number of para-hydroxylation sites is 1. The van der Waals surface area contributed by atoms with Gasteiger partial charge in [-0.3, -0.25) is 0 Å². The van der Waals surface area contributed by atoms with E-state index < -0.39 is 0 Å². The van der Waals surface area contributed by atoms with Crippen LogP contribution >= 0.6 is 23.6 Å². The Morgan fingerprint density at radius 2 is 1.95 bits per heavy atom. The Labute approximate surface area is 122 Å². The summed E-state index contributed by atoms with van der Waals surface area (Å²) in [5.41, 5.74) is 0.951. The number of hydrogen-bond acceptors (Lipinski definition) is 4. The number of hydrogen-bond donors (Lipinski definition) is 2. The first-order chi connectivity index (χ1) is 9.13. The second kappa shape index (κ2) is 6.58. The number of rotatable bonds is 4. The van der Waals surface area contributed by atoms with Crippen LogP contribution in [0, 0.1) is 5.92 Å². The summed E-state index contributed by atoms with van der Waals surface area (Å²) in [7, 11) is 0. The van der Waals surface area contributed by atoms with Crippen molar-refractivity contribution >= 4 is 39.5 Å². The molecule has 0 amide bonds. The molecule has 19 heavy (non-hydrogen) atoms. The van der Waals surface area contributed by atoms with Gasteiger partial charge >= 0.3 is 0 Å². The maximum absolute atomic E-state index is 5.23. The monoisotopic (exact) mass is 292 g/mol. The predicted molar refractivity (Wildman–Crippen MR) is 84.7 cm³/mol. The Bertz CT molecular complexity index is 537. The molecule has 0 radical (unpaired) electrons. The third-order valence-corrected chi connectivity index (χ3v) is 3.37. The molecule has 0 saturated heterocycles. The van der Waals surface area contributed by atoms with E-state index in [0.717, 1.165) is 22.2 Å². The van der Waals surface area contributed by atoms with E-state index in [9.17, 15) is 0 Å². The van der Waals surface area contributed by atoms with Gasteiger partial charge in [0.25, 0.3) is 0 Å². The number of thiocarbonyl (C=S) groups is 1. The van der Waals surface area contributed by atoms with Crippen LogP contribution in [0.5, 0.6) is 0 Å². The lowest BCUT2D eigenvalue weighted by Gasteiger charge is -2.07. The molecule has 6 heteroatoms. The summed E-state index contributed by atoms with van der Waals surface area (Å²) in [6.07, 6.45) is 0.943. The van der Waals surface area contributed by atoms with Crippen LogP contribution in [0.4, 0.5) is 10.8 Å². The fourth-order valence-corrected chi connectivity index (χ4v) is 2.75. The van der Waals surface area contributed by atoms with Gasteiger partial charge in [0.1, 0.15) is 5.01 Å². The van der Waals surface area contributed by atoms with E-state index in [1.165, 1.54) is 11.3 Å². The van der Waals surface area contributed by atoms with E-state index >= 15 is 0 Å². The largest absolute Gasteiger partial charge is 0.332 e. The smallest absolute Gasteiger partial charge is 0.211 e. The molecule has 1 aromatic carbocycles. The number of benzene rings is 1. The minimum atomic E-state index is 0.526. The Kier molecular flexibility index (Phi) is 4.81. The molecule has 4 nitrogen and oxygen atoms in total. The van der Waals surface area contributed by atoms with Crippen molar-refractivity contribution in [1.82, 2.24) is 10.2 Å². The molecule has 2 N–H and O–H groups in total. The highest BCUT2D eigenvalue weighted by Gasteiger charge is 2.07. The van der Waals surface area contributed by atoms with Crippen molar-refractivity contribution in [2.75, 3.05) is 10.6 Å². The van der Waals surface area contributed by atoms with Crippen LogP contribution in [0.15, 0.2) is 30.3 Å². The summed E-state index contributed by atoms with van der Waals surface area (Å²) < 4.78 is 0. The zero-order valence-corrected chi connectivity index (χ0v) is 12.5. The first kappa shape index (κ1) is 13.9. The Morgan fingerprint density at radius 1 is 1.21 bits per heavy atom. The quantitative estimate of drug-likeness (QED) is 0.844. The lowest BCUT2D eigenvalue weighted by molar-refractivity contribution is 0.640. The van der Waals surface area contributed by atoms with Crippen LogP contribution in [-0.4, -0.2) is 15.3 Å². The number of nitrogens with one attached hydrogen (secondary N) is 2. The Morgan fingerprint density at radius 3 is 2.63 bits per heavy atom. The molecule has 0 saturated carbocycles. The number of aromatic nitrogens is 2. The summed E-state index contributed by atoms with van der Waals surface area (Å²) in [4.78, 5) is 0. The second-order valence-corrected chi connectivity index (χ2v) is 6.01. The highest BCUT2D eigenvalue weighted by Crippen LogP contribution is 2.18. The Hall–Kier alpha value is -1.53. The van der Waals surface area contributed by atoms with E-state index in [4.69, 9.17) is 12.2 Å². The molecule has 1 heterocycles. The maximum atomic E-state index is 5.23. The van der Waals surface area contributed by atoms with Gasteiger partial charge in [-0.1, -0.05) is 43.4 Å². The van der Waals surface area contributed by atoms with Gasteiger partial charge in [0.15, 0.2) is 5.11 Å². The maximum Gasteiger partial charge on any atom is 0.211 e. The minimum absolute atomic E-state index is 0.526. The second-order valence-electron chi connectivity index (χ2n) is 4.54. The molecule has 0 spiro atoms. The number of anilines is 2. The van der Waals surface area contributed by atoms with Gasteiger partial charge in [0, 0.05) is 12.1 Å². The van der Waals surface area contributed by atoms with Crippen molar-refractivity contribution in [3.05, 3.63) is 35.3 Å². The normalized spacial score (nSPS) is 10.5. The number of nitrogens with zero attached hydrogens (tertiary/aromatic N) is 2. The summed E-state index contributed by atoms with van der Waals surface area (Å²) in [5, 5.41) is 16.6. The topological polar surface area (TPSA) is 49.8 Å². The first-order valence-electron chi connectivity index (χ1n) is 6.09. The molecule has 0 aliphatic rings. The third kappa shape index (κ3) is 4.57. The summed E-state index contributed by atoms with van der Waals surface area (Å²) in [6.45, 7) is 4.33. The van der Waals surface area contributed by atoms with Crippen LogP contribution in [-0.2, 0) is 6.42 Å². The fraction of sp³-hybridized carbons (Fsp3) is 0.308. The highest BCUT2D eigenvalue weighted by molar-refractivity contribution is 7.80. The van der Waals surface area contributed by atoms with Crippen molar-refractivity contribution in [2.24, 2.45) is 5.92 Å². The van der Waals surface area contributed by atoms with E-state index in [2.05, 4.69) is 34.7 Å². The van der Waals surface area contributed by atoms with Gasteiger partial charge in [0.2, 0.25) is 5.13 Å². The molecule has 100 valence electrons. The van der Waals surface area contributed by atoms with Gasteiger partial charge in [-0.2, -0.15) is 0 Å². The van der Waals surface area contributed by atoms with Crippen LogP contribution < -0.4 is 10.6 Å². The van der Waals surface area contributed by atoms with Gasteiger partial charge < -0.3 is 10.6 Å². The lowest BCUT2D eigenvalue weighted by Crippen LogP contribution is -2.18. The first-order valence-corrected chi connectivity index (χ1v) is 7.31. The van der Waals surface area contributed by atoms with E-state index in [0.29, 0.717) is 11.0 Å². The average molecular weight is 292 g/mol. The van der Waals surface area contributed by atoms with Crippen LogP contribution in [0.2, 0.25) is 0 Å².